The van der Waals surface area contributed by atoms with Gasteiger partial charge in [0.25, 0.3) is 5.91 Å². The van der Waals surface area contributed by atoms with Crippen LogP contribution in [0.4, 0.5) is 5.69 Å². The zero-order chi connectivity index (χ0) is 14.7. The number of carboxylic acid groups (broad SMARTS) is 1. The van der Waals surface area contributed by atoms with E-state index in [-0.39, 0.29) is 12.3 Å². The Balaban J connectivity index is 2.08. The van der Waals surface area contributed by atoms with Gasteiger partial charge < -0.3 is 10.4 Å². The second-order valence-corrected chi connectivity index (χ2v) is 5.57. The SMILES string of the molecule is Cc1nc(C)c(C(=O)Nc2ccc(CC(=O)O)cc2)s1. The maximum atomic E-state index is 12.1. The van der Waals surface area contributed by atoms with Gasteiger partial charge in [-0.2, -0.15) is 0 Å². The number of aromatic nitrogens is 1. The normalized spacial score (nSPS) is 10.3. The van der Waals surface area contributed by atoms with Crippen molar-refractivity contribution in [2.45, 2.75) is 20.3 Å². The molecule has 0 fully saturated rings. The average Bonchev–Trinajstić information content (AvgIpc) is 2.70. The van der Waals surface area contributed by atoms with Crippen molar-refractivity contribution in [2.24, 2.45) is 0 Å². The van der Waals surface area contributed by atoms with E-state index in [1.165, 1.54) is 11.3 Å². The van der Waals surface area contributed by atoms with Crippen LogP contribution < -0.4 is 5.32 Å². The van der Waals surface area contributed by atoms with Crippen LogP contribution in [-0.2, 0) is 11.2 Å². The summed E-state index contributed by atoms with van der Waals surface area (Å²) in [4.78, 5) is 27.5. The fourth-order valence-corrected chi connectivity index (χ4v) is 2.63. The third-order valence-electron chi connectivity index (χ3n) is 2.68. The molecule has 20 heavy (non-hydrogen) atoms. The molecular weight excluding hydrogens is 276 g/mol. The molecule has 5 nitrogen and oxygen atoms in total. The van der Waals surface area contributed by atoms with Crippen molar-refractivity contribution in [2.75, 3.05) is 5.32 Å². The number of benzene rings is 1. The van der Waals surface area contributed by atoms with Crippen LogP contribution in [0.2, 0.25) is 0 Å². The van der Waals surface area contributed by atoms with Crippen LogP contribution in [0.1, 0.15) is 25.9 Å². The van der Waals surface area contributed by atoms with Crippen molar-refractivity contribution in [1.82, 2.24) is 4.98 Å². The van der Waals surface area contributed by atoms with E-state index >= 15 is 0 Å². The van der Waals surface area contributed by atoms with Crippen LogP contribution in [-0.4, -0.2) is 22.0 Å². The molecule has 1 amide bonds. The number of hydrogen-bond acceptors (Lipinski definition) is 4. The second kappa shape index (κ2) is 5.83. The molecule has 0 aliphatic heterocycles. The molecule has 1 aromatic heterocycles. The van der Waals surface area contributed by atoms with Crippen molar-refractivity contribution in [1.29, 1.82) is 0 Å². The Kier molecular flexibility index (Phi) is 4.14. The maximum Gasteiger partial charge on any atom is 0.307 e. The zero-order valence-electron chi connectivity index (χ0n) is 11.1. The Bertz CT molecular complexity index is 647. The number of rotatable bonds is 4. The van der Waals surface area contributed by atoms with Gasteiger partial charge in [0.05, 0.1) is 17.1 Å². The number of carbonyl (C=O) groups excluding carboxylic acids is 1. The highest BCUT2D eigenvalue weighted by Gasteiger charge is 2.13. The molecule has 6 heteroatoms. The first-order chi connectivity index (χ1) is 9.45. The number of anilines is 1. The van der Waals surface area contributed by atoms with E-state index in [4.69, 9.17) is 5.11 Å². The Hall–Kier alpha value is -2.21. The van der Waals surface area contributed by atoms with Gasteiger partial charge in [0.15, 0.2) is 0 Å². The van der Waals surface area contributed by atoms with Crippen LogP contribution in [0.15, 0.2) is 24.3 Å². The van der Waals surface area contributed by atoms with E-state index in [0.29, 0.717) is 21.8 Å². The van der Waals surface area contributed by atoms with Gasteiger partial charge in [-0.1, -0.05) is 12.1 Å². The number of aliphatic carboxylic acids is 1. The summed E-state index contributed by atoms with van der Waals surface area (Å²) in [6, 6.07) is 6.77. The van der Waals surface area contributed by atoms with Crippen LogP contribution in [0, 0.1) is 13.8 Å². The second-order valence-electron chi connectivity index (χ2n) is 4.37. The summed E-state index contributed by atoms with van der Waals surface area (Å²) >= 11 is 1.35. The molecule has 0 atom stereocenters. The summed E-state index contributed by atoms with van der Waals surface area (Å²) in [6.07, 6.45) is -0.0264. The number of amides is 1. The number of hydrogen-bond donors (Lipinski definition) is 2. The summed E-state index contributed by atoms with van der Waals surface area (Å²) in [5.74, 6) is -1.07. The highest BCUT2D eigenvalue weighted by atomic mass is 32.1. The lowest BCUT2D eigenvalue weighted by Crippen LogP contribution is -2.11. The summed E-state index contributed by atoms with van der Waals surface area (Å²) in [6.45, 7) is 3.66. The van der Waals surface area contributed by atoms with Crippen LogP contribution in [0.25, 0.3) is 0 Å². The number of carbonyl (C=O) groups is 2. The molecule has 0 unspecified atom stereocenters. The lowest BCUT2D eigenvalue weighted by molar-refractivity contribution is -0.136. The largest absolute Gasteiger partial charge is 0.481 e. The first kappa shape index (κ1) is 14.2. The van der Waals surface area contributed by atoms with E-state index in [0.717, 1.165) is 5.01 Å². The van der Waals surface area contributed by atoms with E-state index in [1.54, 1.807) is 31.2 Å². The highest BCUT2D eigenvalue weighted by Crippen LogP contribution is 2.19. The molecular formula is C14H14N2O3S. The Morgan fingerprint density at radius 3 is 2.40 bits per heavy atom. The summed E-state index contributed by atoms with van der Waals surface area (Å²) in [5.41, 5.74) is 2.04. The van der Waals surface area contributed by atoms with Gasteiger partial charge in [-0.05, 0) is 31.5 Å². The van der Waals surface area contributed by atoms with E-state index in [2.05, 4.69) is 10.3 Å². The van der Waals surface area contributed by atoms with Gasteiger partial charge in [0.2, 0.25) is 0 Å². The number of nitrogens with one attached hydrogen (secondary N) is 1. The van der Waals surface area contributed by atoms with E-state index in [1.807, 2.05) is 6.92 Å². The molecule has 1 aromatic carbocycles. The van der Waals surface area contributed by atoms with Gasteiger partial charge in [-0.15, -0.1) is 11.3 Å². The molecule has 2 N–H and O–H groups in total. The number of carboxylic acids is 1. The van der Waals surface area contributed by atoms with Crippen LogP contribution in [0.5, 0.6) is 0 Å². The van der Waals surface area contributed by atoms with Gasteiger partial charge in [0.1, 0.15) is 4.88 Å². The molecule has 2 rings (SSSR count). The summed E-state index contributed by atoms with van der Waals surface area (Å²) < 4.78 is 0. The predicted molar refractivity (Wildman–Crippen MR) is 77.3 cm³/mol. The Labute approximate surface area is 120 Å². The highest BCUT2D eigenvalue weighted by molar-refractivity contribution is 7.13. The minimum absolute atomic E-state index is 0.0264. The molecule has 0 saturated carbocycles. The molecule has 0 bridgehead atoms. The van der Waals surface area contributed by atoms with Gasteiger partial charge in [-0.3, -0.25) is 9.59 Å². The molecule has 0 aliphatic rings. The Morgan fingerprint density at radius 1 is 1.25 bits per heavy atom. The topological polar surface area (TPSA) is 79.3 Å². The minimum atomic E-state index is -0.877. The van der Waals surface area contributed by atoms with Crippen molar-refractivity contribution >= 4 is 28.9 Å². The first-order valence-electron chi connectivity index (χ1n) is 6.02. The molecule has 0 radical (unpaired) electrons. The third kappa shape index (κ3) is 3.42. The van der Waals surface area contributed by atoms with Crippen molar-refractivity contribution in [3.63, 3.8) is 0 Å². The lowest BCUT2D eigenvalue weighted by atomic mass is 10.1. The van der Waals surface area contributed by atoms with Gasteiger partial charge >= 0.3 is 5.97 Å². The average molecular weight is 290 g/mol. The summed E-state index contributed by atoms with van der Waals surface area (Å²) in [5, 5.41) is 12.3. The van der Waals surface area contributed by atoms with Crippen LogP contribution >= 0.6 is 11.3 Å². The lowest BCUT2D eigenvalue weighted by Gasteiger charge is -2.05. The standard InChI is InChI=1S/C14H14N2O3S/c1-8-13(20-9(2)15-8)14(19)16-11-5-3-10(4-6-11)7-12(17)18/h3-6H,7H2,1-2H3,(H,16,19)(H,17,18). The molecule has 1 heterocycles. The quantitative estimate of drug-likeness (QED) is 0.907. The van der Waals surface area contributed by atoms with E-state index < -0.39 is 5.97 Å². The Morgan fingerprint density at radius 2 is 1.90 bits per heavy atom. The molecule has 104 valence electrons. The number of nitrogens with zero attached hydrogens (tertiary/aromatic N) is 1. The fourth-order valence-electron chi connectivity index (χ4n) is 1.81. The van der Waals surface area contributed by atoms with Crippen molar-refractivity contribution in [3.05, 3.63) is 45.4 Å². The zero-order valence-corrected chi connectivity index (χ0v) is 12.0. The van der Waals surface area contributed by atoms with Crippen molar-refractivity contribution < 1.29 is 14.7 Å². The number of aryl methyl sites for hydroxylation is 2. The van der Waals surface area contributed by atoms with Gasteiger partial charge in [-0.25, -0.2) is 4.98 Å². The fraction of sp³-hybridized carbons (Fsp3) is 0.214. The predicted octanol–water partition coefficient (Wildman–Crippen LogP) is 2.64. The molecule has 2 aromatic rings. The third-order valence-corrected chi connectivity index (χ3v) is 3.75. The minimum Gasteiger partial charge on any atom is -0.481 e. The smallest absolute Gasteiger partial charge is 0.307 e. The molecule has 0 aliphatic carbocycles. The summed E-state index contributed by atoms with van der Waals surface area (Å²) in [7, 11) is 0. The van der Waals surface area contributed by atoms with Gasteiger partial charge in [0, 0.05) is 5.69 Å². The van der Waals surface area contributed by atoms with Crippen molar-refractivity contribution in [3.8, 4) is 0 Å². The molecule has 0 spiro atoms. The van der Waals surface area contributed by atoms with E-state index in [9.17, 15) is 9.59 Å². The molecule has 0 saturated heterocycles. The number of thiazole rings is 1. The monoisotopic (exact) mass is 290 g/mol. The first-order valence-corrected chi connectivity index (χ1v) is 6.83. The maximum absolute atomic E-state index is 12.1. The van der Waals surface area contributed by atoms with Crippen LogP contribution in [0.3, 0.4) is 0 Å².